The van der Waals surface area contributed by atoms with Crippen LogP contribution in [0, 0.1) is 0 Å². The van der Waals surface area contributed by atoms with Gasteiger partial charge in [0.25, 0.3) is 0 Å². The number of fused-ring (bicyclic) bond motifs is 1. The van der Waals surface area contributed by atoms with Gasteiger partial charge >= 0.3 is 30.1 Å². The van der Waals surface area contributed by atoms with Gasteiger partial charge in [0.1, 0.15) is 11.4 Å². The fourth-order valence-electron chi connectivity index (χ4n) is 3.85. The molecule has 1 saturated heterocycles. The number of hydrogen-bond acceptors (Lipinski definition) is 3. The van der Waals surface area contributed by atoms with E-state index in [-0.39, 0.29) is 36.4 Å². The third-order valence-electron chi connectivity index (χ3n) is 5.74. The number of alkyl halides is 10. The van der Waals surface area contributed by atoms with E-state index < -0.39 is 59.3 Å². The molecule has 0 bridgehead atoms. The number of hydrogen-bond donors (Lipinski definition) is 1. The molecule has 0 saturated carbocycles. The standard InChI is InChI=1S/C21H18F10N2O3/c1-17(2)12(9-32-16(35)19(24,25)21(29,30)31)15(33-7-3-4-14(33)34)11-8-10(5-6-13(11)36-17)18(22,23)20(26,27)28/h5-6,8H,3-4,7,9H2,1-2H3,(H,32,35). The first kappa shape index (κ1) is 27.6. The largest absolute Gasteiger partial charge is 0.483 e. The highest BCUT2D eigenvalue weighted by molar-refractivity contribution is 5.92. The molecule has 2 heterocycles. The average molecular weight is 536 g/mol. The highest BCUT2D eigenvalue weighted by atomic mass is 19.4. The lowest BCUT2D eigenvalue weighted by molar-refractivity contribution is -0.289. The van der Waals surface area contributed by atoms with E-state index in [1.165, 1.54) is 19.2 Å². The summed E-state index contributed by atoms with van der Waals surface area (Å²) in [5, 5.41) is 1.41. The first-order valence-corrected chi connectivity index (χ1v) is 10.3. The molecule has 3 rings (SSSR count). The number of amides is 2. The smallest absolute Gasteiger partial charge is 0.463 e. The number of nitrogens with zero attached hydrogens (tertiary/aromatic N) is 1. The number of halogens is 10. The molecule has 0 radical (unpaired) electrons. The first-order chi connectivity index (χ1) is 16.2. The number of carbonyl (C=O) groups is 2. The molecule has 1 aromatic rings. The Morgan fingerprint density at radius 2 is 1.64 bits per heavy atom. The van der Waals surface area contributed by atoms with E-state index in [1.807, 2.05) is 0 Å². The van der Waals surface area contributed by atoms with Gasteiger partial charge in [0.05, 0.1) is 5.70 Å². The summed E-state index contributed by atoms with van der Waals surface area (Å²) in [5.74, 6) is -14.7. The molecule has 2 aliphatic heterocycles. The molecule has 200 valence electrons. The quantitative estimate of drug-likeness (QED) is 0.530. The van der Waals surface area contributed by atoms with Gasteiger partial charge in [-0.3, -0.25) is 9.59 Å². The summed E-state index contributed by atoms with van der Waals surface area (Å²) in [4.78, 5) is 25.1. The van der Waals surface area contributed by atoms with Crippen LogP contribution >= 0.6 is 0 Å². The summed E-state index contributed by atoms with van der Waals surface area (Å²) < 4.78 is 137. The molecule has 0 atom stereocenters. The lowest BCUT2D eigenvalue weighted by atomic mass is 9.87. The molecule has 1 N–H and O–H groups in total. The van der Waals surface area contributed by atoms with Crippen LogP contribution in [0.1, 0.15) is 37.8 Å². The van der Waals surface area contributed by atoms with E-state index in [0.29, 0.717) is 12.1 Å². The van der Waals surface area contributed by atoms with Crippen molar-refractivity contribution in [1.29, 1.82) is 0 Å². The summed E-state index contributed by atoms with van der Waals surface area (Å²) in [6.45, 7) is 1.46. The van der Waals surface area contributed by atoms with Crippen molar-refractivity contribution in [1.82, 2.24) is 10.2 Å². The highest BCUT2D eigenvalue weighted by Crippen LogP contribution is 2.49. The molecule has 0 aliphatic carbocycles. The second-order valence-electron chi connectivity index (χ2n) is 8.63. The van der Waals surface area contributed by atoms with E-state index in [0.717, 1.165) is 11.0 Å². The molecule has 2 aliphatic rings. The molecule has 0 unspecified atom stereocenters. The summed E-state index contributed by atoms with van der Waals surface area (Å²) in [6.07, 6.45) is -12.0. The van der Waals surface area contributed by atoms with Gasteiger partial charge in [0.15, 0.2) is 0 Å². The first-order valence-electron chi connectivity index (χ1n) is 10.3. The lowest BCUT2D eigenvalue weighted by Crippen LogP contribution is -2.52. The van der Waals surface area contributed by atoms with E-state index >= 15 is 0 Å². The third-order valence-corrected chi connectivity index (χ3v) is 5.74. The topological polar surface area (TPSA) is 58.6 Å². The van der Waals surface area contributed by atoms with Crippen LogP contribution in [0.15, 0.2) is 23.8 Å². The molecule has 0 aromatic heterocycles. The number of rotatable bonds is 5. The van der Waals surface area contributed by atoms with Gasteiger partial charge in [-0.15, -0.1) is 0 Å². The Hall–Kier alpha value is -3.00. The van der Waals surface area contributed by atoms with E-state index in [9.17, 15) is 53.5 Å². The Labute approximate surface area is 197 Å². The van der Waals surface area contributed by atoms with Gasteiger partial charge in [-0.25, -0.2) is 0 Å². The van der Waals surface area contributed by atoms with Crippen LogP contribution in [0.4, 0.5) is 43.9 Å². The average Bonchev–Trinajstić information content (AvgIpc) is 3.14. The van der Waals surface area contributed by atoms with E-state index in [4.69, 9.17) is 4.74 Å². The number of ether oxygens (including phenoxy) is 1. The molecule has 1 fully saturated rings. The third kappa shape index (κ3) is 4.59. The zero-order valence-corrected chi connectivity index (χ0v) is 18.5. The summed E-state index contributed by atoms with van der Waals surface area (Å²) >= 11 is 0. The van der Waals surface area contributed by atoms with Crippen LogP contribution in [0.2, 0.25) is 0 Å². The van der Waals surface area contributed by atoms with Crippen molar-refractivity contribution in [2.75, 3.05) is 13.1 Å². The molecular formula is C21H18F10N2O3. The van der Waals surface area contributed by atoms with Gasteiger partial charge in [-0.05, 0) is 38.5 Å². The molecule has 36 heavy (non-hydrogen) atoms. The molecule has 0 spiro atoms. The summed E-state index contributed by atoms with van der Waals surface area (Å²) in [7, 11) is 0. The van der Waals surface area contributed by atoms with Gasteiger partial charge < -0.3 is 15.0 Å². The van der Waals surface area contributed by atoms with Crippen LogP contribution in [-0.2, 0) is 15.5 Å². The Bertz CT molecular complexity index is 1110. The predicted octanol–water partition coefficient (Wildman–Crippen LogP) is 5.16. The zero-order valence-electron chi connectivity index (χ0n) is 18.5. The maximum Gasteiger partial charge on any atom is 0.463 e. The maximum absolute atomic E-state index is 14.1. The Morgan fingerprint density at radius 1 is 1.03 bits per heavy atom. The van der Waals surface area contributed by atoms with Crippen molar-refractivity contribution in [2.45, 2.75) is 56.5 Å². The van der Waals surface area contributed by atoms with Crippen LogP contribution in [0.5, 0.6) is 5.75 Å². The Morgan fingerprint density at radius 3 is 2.14 bits per heavy atom. The minimum Gasteiger partial charge on any atom is -0.483 e. The van der Waals surface area contributed by atoms with Crippen molar-refractivity contribution in [3.63, 3.8) is 0 Å². The maximum atomic E-state index is 14.1. The van der Waals surface area contributed by atoms with Crippen molar-refractivity contribution in [3.05, 3.63) is 34.9 Å². The number of nitrogens with one attached hydrogen (secondary N) is 1. The number of benzene rings is 1. The van der Waals surface area contributed by atoms with Gasteiger partial charge in [-0.1, -0.05) is 0 Å². The minimum atomic E-state index is -6.22. The minimum absolute atomic E-state index is 0.0513. The van der Waals surface area contributed by atoms with E-state index in [2.05, 4.69) is 0 Å². The molecule has 2 amide bonds. The monoisotopic (exact) mass is 536 g/mol. The lowest BCUT2D eigenvalue weighted by Gasteiger charge is -2.40. The van der Waals surface area contributed by atoms with E-state index in [1.54, 1.807) is 0 Å². The summed E-state index contributed by atoms with van der Waals surface area (Å²) in [5.41, 5.74) is -4.19. The molecule has 1 aromatic carbocycles. The molecular weight excluding hydrogens is 518 g/mol. The normalized spacial score (nSPS) is 18.8. The molecule has 15 heteroatoms. The van der Waals surface area contributed by atoms with Gasteiger partial charge in [0.2, 0.25) is 5.91 Å². The molecule has 5 nitrogen and oxygen atoms in total. The van der Waals surface area contributed by atoms with Crippen molar-refractivity contribution in [2.24, 2.45) is 0 Å². The zero-order chi connectivity index (χ0) is 27.5. The van der Waals surface area contributed by atoms with Crippen LogP contribution in [0.3, 0.4) is 0 Å². The SMILES string of the molecule is CC1(C)Oc2ccc(C(F)(F)C(F)(F)F)cc2C(N2CCCC2=O)=C1CNC(=O)C(F)(F)C(F)(F)F. The van der Waals surface area contributed by atoms with Crippen LogP contribution < -0.4 is 10.1 Å². The predicted molar refractivity (Wildman–Crippen MR) is 103 cm³/mol. The highest BCUT2D eigenvalue weighted by Gasteiger charge is 2.63. The van der Waals surface area contributed by atoms with Crippen molar-refractivity contribution in [3.8, 4) is 5.75 Å². The van der Waals surface area contributed by atoms with Crippen molar-refractivity contribution < 1.29 is 58.2 Å². The van der Waals surface area contributed by atoms with Gasteiger partial charge in [-0.2, -0.15) is 43.9 Å². The second kappa shape index (κ2) is 8.54. The number of likely N-dealkylation sites (tertiary alicyclic amines) is 1. The number of carbonyl (C=O) groups excluding carboxylic acids is 2. The summed E-state index contributed by atoms with van der Waals surface area (Å²) in [6, 6.07) is 1.67. The fraction of sp³-hybridized carbons (Fsp3) is 0.524. The fourth-order valence-corrected chi connectivity index (χ4v) is 3.85. The van der Waals surface area contributed by atoms with Crippen LogP contribution in [0.25, 0.3) is 5.70 Å². The Balaban J connectivity index is 2.17. The van der Waals surface area contributed by atoms with Crippen LogP contribution in [-0.4, -0.2) is 53.7 Å². The second-order valence-corrected chi connectivity index (χ2v) is 8.63. The Kier molecular flexibility index (Phi) is 6.55. The van der Waals surface area contributed by atoms with Gasteiger partial charge in [0, 0.05) is 36.2 Å². The van der Waals surface area contributed by atoms with Crippen molar-refractivity contribution >= 4 is 17.5 Å².